The summed E-state index contributed by atoms with van der Waals surface area (Å²) in [5.41, 5.74) is 10.4. The van der Waals surface area contributed by atoms with Crippen molar-refractivity contribution >= 4 is 17.2 Å². The van der Waals surface area contributed by atoms with Crippen molar-refractivity contribution in [2.75, 3.05) is 5.73 Å². The van der Waals surface area contributed by atoms with Crippen LogP contribution in [0.15, 0.2) is 35.7 Å². The monoisotopic (exact) mass is 294 g/mol. The Morgan fingerprint density at radius 1 is 1.29 bits per heavy atom. The maximum Gasteiger partial charge on any atom is 0.145 e. The van der Waals surface area contributed by atoms with Gasteiger partial charge < -0.3 is 5.73 Å². The molecule has 0 amide bonds. The summed E-state index contributed by atoms with van der Waals surface area (Å²) in [5.74, 6) is 0.382. The summed E-state index contributed by atoms with van der Waals surface area (Å²) < 4.78 is 1.66. The third-order valence-corrected chi connectivity index (χ3v) is 4.24. The van der Waals surface area contributed by atoms with Crippen molar-refractivity contribution in [2.24, 2.45) is 0 Å². The van der Waals surface area contributed by atoms with Crippen molar-refractivity contribution in [1.29, 1.82) is 5.26 Å². The molecule has 0 radical (unpaired) electrons. The van der Waals surface area contributed by atoms with E-state index in [1.165, 1.54) is 5.56 Å². The van der Waals surface area contributed by atoms with Crippen molar-refractivity contribution in [3.05, 3.63) is 52.4 Å². The molecule has 0 bridgehead atoms. The molecule has 5 heteroatoms. The topological polar surface area (TPSA) is 67.6 Å². The molecular weight excluding hydrogens is 280 g/mol. The minimum Gasteiger partial charge on any atom is -0.382 e. The molecule has 0 aliphatic heterocycles. The molecule has 0 spiro atoms. The Balaban J connectivity index is 2.23. The van der Waals surface area contributed by atoms with Gasteiger partial charge in [-0.3, -0.25) is 0 Å². The molecule has 0 saturated heterocycles. The average Bonchev–Trinajstić information content (AvgIpc) is 3.07. The van der Waals surface area contributed by atoms with Crippen molar-refractivity contribution < 1.29 is 0 Å². The molecule has 3 aromatic rings. The van der Waals surface area contributed by atoms with E-state index in [0.717, 1.165) is 16.1 Å². The molecule has 0 aliphatic rings. The van der Waals surface area contributed by atoms with Gasteiger partial charge in [-0.2, -0.15) is 10.4 Å². The lowest BCUT2D eigenvalue weighted by Crippen LogP contribution is -2.04. The van der Waals surface area contributed by atoms with E-state index in [-0.39, 0.29) is 0 Å². The number of rotatable bonds is 2. The Kier molecular flexibility index (Phi) is 3.24. The van der Waals surface area contributed by atoms with E-state index < -0.39 is 0 Å². The standard InChI is InChI=1S/C16H14N4S/c1-10-5-6-13(11(2)8-10)20-16(18)12(9-17)15(19-20)14-4-3-7-21-14/h3-8H,18H2,1-2H3. The first-order valence-corrected chi connectivity index (χ1v) is 7.40. The number of nitrogen functional groups attached to an aromatic ring is 1. The number of benzene rings is 1. The van der Waals surface area contributed by atoms with Crippen LogP contribution in [0.4, 0.5) is 5.82 Å². The highest BCUT2D eigenvalue weighted by Gasteiger charge is 2.19. The van der Waals surface area contributed by atoms with Crippen LogP contribution in [0.25, 0.3) is 16.3 Å². The number of hydrogen-bond donors (Lipinski definition) is 1. The Morgan fingerprint density at radius 3 is 2.71 bits per heavy atom. The highest BCUT2D eigenvalue weighted by molar-refractivity contribution is 7.13. The van der Waals surface area contributed by atoms with Crippen LogP contribution < -0.4 is 5.73 Å². The van der Waals surface area contributed by atoms with Crippen molar-refractivity contribution in [3.63, 3.8) is 0 Å². The second kappa shape index (κ2) is 5.08. The lowest BCUT2D eigenvalue weighted by molar-refractivity contribution is 0.887. The maximum atomic E-state index is 9.39. The zero-order chi connectivity index (χ0) is 15.0. The normalized spacial score (nSPS) is 10.5. The van der Waals surface area contributed by atoms with Gasteiger partial charge in [0.15, 0.2) is 0 Å². The Hall–Kier alpha value is -2.58. The number of nitrogens with zero attached hydrogens (tertiary/aromatic N) is 3. The third kappa shape index (κ3) is 2.20. The van der Waals surface area contributed by atoms with E-state index >= 15 is 0 Å². The highest BCUT2D eigenvalue weighted by atomic mass is 32.1. The van der Waals surface area contributed by atoms with Gasteiger partial charge in [-0.05, 0) is 36.9 Å². The number of aryl methyl sites for hydroxylation is 2. The molecule has 1 aromatic carbocycles. The summed E-state index contributed by atoms with van der Waals surface area (Å²) in [6.07, 6.45) is 0. The fourth-order valence-corrected chi connectivity index (χ4v) is 3.07. The maximum absolute atomic E-state index is 9.39. The summed E-state index contributed by atoms with van der Waals surface area (Å²) in [5, 5.41) is 15.9. The molecule has 0 unspecified atom stereocenters. The summed E-state index contributed by atoms with van der Waals surface area (Å²) in [6.45, 7) is 4.06. The molecule has 2 aromatic heterocycles. The van der Waals surface area contributed by atoms with Crippen LogP contribution >= 0.6 is 11.3 Å². The smallest absolute Gasteiger partial charge is 0.145 e. The Labute approximate surface area is 127 Å². The van der Waals surface area contributed by atoms with Crippen LogP contribution in [0.3, 0.4) is 0 Å². The SMILES string of the molecule is Cc1ccc(-n2nc(-c3cccs3)c(C#N)c2N)c(C)c1. The predicted molar refractivity (Wildman–Crippen MR) is 85.5 cm³/mol. The minimum absolute atomic E-state index is 0.382. The summed E-state index contributed by atoms with van der Waals surface area (Å²) >= 11 is 1.55. The number of thiophene rings is 1. The van der Waals surface area contributed by atoms with E-state index in [0.29, 0.717) is 17.1 Å². The van der Waals surface area contributed by atoms with Crippen LogP contribution in [0, 0.1) is 25.2 Å². The lowest BCUT2D eigenvalue weighted by Gasteiger charge is -2.08. The van der Waals surface area contributed by atoms with Crippen LogP contribution in [0.5, 0.6) is 0 Å². The van der Waals surface area contributed by atoms with Gasteiger partial charge in [-0.15, -0.1) is 11.3 Å². The van der Waals surface area contributed by atoms with Gasteiger partial charge in [0.2, 0.25) is 0 Å². The first kappa shape index (κ1) is 13.4. The summed E-state index contributed by atoms with van der Waals surface area (Å²) in [7, 11) is 0. The second-order valence-corrected chi connectivity index (χ2v) is 5.85. The van der Waals surface area contributed by atoms with Gasteiger partial charge in [-0.1, -0.05) is 23.8 Å². The number of nitrogens with two attached hydrogens (primary N) is 1. The van der Waals surface area contributed by atoms with Gasteiger partial charge in [-0.25, -0.2) is 4.68 Å². The lowest BCUT2D eigenvalue weighted by atomic mass is 10.1. The number of hydrogen-bond acceptors (Lipinski definition) is 4. The third-order valence-electron chi connectivity index (χ3n) is 3.37. The van der Waals surface area contributed by atoms with Crippen LogP contribution in [0.2, 0.25) is 0 Å². The average molecular weight is 294 g/mol. The van der Waals surface area contributed by atoms with Crippen LogP contribution in [-0.4, -0.2) is 9.78 Å². The number of anilines is 1. The summed E-state index contributed by atoms with van der Waals surface area (Å²) in [4.78, 5) is 0.946. The fraction of sp³-hybridized carbons (Fsp3) is 0.125. The molecule has 2 heterocycles. The van der Waals surface area contributed by atoms with E-state index in [2.05, 4.69) is 17.2 Å². The second-order valence-electron chi connectivity index (χ2n) is 4.90. The number of nitriles is 1. The predicted octanol–water partition coefficient (Wildman–Crippen LogP) is 3.67. The van der Waals surface area contributed by atoms with Gasteiger partial charge in [0, 0.05) is 0 Å². The Morgan fingerprint density at radius 2 is 2.10 bits per heavy atom. The Bertz CT molecular complexity index is 838. The molecule has 0 fully saturated rings. The largest absolute Gasteiger partial charge is 0.382 e. The van der Waals surface area contributed by atoms with Crippen molar-refractivity contribution in [3.8, 4) is 22.3 Å². The van der Waals surface area contributed by atoms with Crippen LogP contribution in [-0.2, 0) is 0 Å². The van der Waals surface area contributed by atoms with Gasteiger partial charge in [0.1, 0.15) is 23.1 Å². The van der Waals surface area contributed by atoms with Gasteiger partial charge >= 0.3 is 0 Å². The quantitative estimate of drug-likeness (QED) is 0.784. The van der Waals surface area contributed by atoms with Crippen LogP contribution in [0.1, 0.15) is 16.7 Å². The first-order valence-electron chi connectivity index (χ1n) is 6.52. The first-order chi connectivity index (χ1) is 10.1. The van der Waals surface area contributed by atoms with Crippen molar-refractivity contribution in [1.82, 2.24) is 9.78 Å². The zero-order valence-electron chi connectivity index (χ0n) is 11.8. The van der Waals surface area contributed by atoms with E-state index in [1.54, 1.807) is 16.0 Å². The molecule has 3 rings (SSSR count). The van der Waals surface area contributed by atoms with Gasteiger partial charge in [0.25, 0.3) is 0 Å². The van der Waals surface area contributed by atoms with Gasteiger partial charge in [0.05, 0.1) is 10.6 Å². The molecule has 4 nitrogen and oxygen atoms in total. The zero-order valence-corrected chi connectivity index (χ0v) is 12.6. The van der Waals surface area contributed by atoms with E-state index in [1.807, 2.05) is 43.5 Å². The van der Waals surface area contributed by atoms with Crippen molar-refractivity contribution in [2.45, 2.75) is 13.8 Å². The molecule has 21 heavy (non-hydrogen) atoms. The molecule has 0 atom stereocenters. The summed E-state index contributed by atoms with van der Waals surface area (Å²) in [6, 6.07) is 12.1. The number of aromatic nitrogens is 2. The minimum atomic E-state index is 0.382. The van der Waals surface area contributed by atoms with E-state index in [4.69, 9.17) is 5.73 Å². The highest BCUT2D eigenvalue weighted by Crippen LogP contribution is 2.32. The fourth-order valence-electron chi connectivity index (χ4n) is 2.35. The molecule has 0 aliphatic carbocycles. The molecule has 2 N–H and O–H groups in total. The molecular formula is C16H14N4S. The molecule has 0 saturated carbocycles. The van der Waals surface area contributed by atoms with E-state index in [9.17, 15) is 5.26 Å². The molecule has 104 valence electrons.